The van der Waals surface area contributed by atoms with Crippen molar-refractivity contribution in [3.8, 4) is 0 Å². The van der Waals surface area contributed by atoms with Crippen LogP contribution in [-0.2, 0) is 16.6 Å². The first-order chi connectivity index (χ1) is 10.0. The third kappa shape index (κ3) is 2.67. The van der Waals surface area contributed by atoms with E-state index in [4.69, 9.17) is 4.74 Å². The number of benzene rings is 1. The molecule has 0 bridgehead atoms. The zero-order valence-corrected chi connectivity index (χ0v) is 12.3. The van der Waals surface area contributed by atoms with Gasteiger partial charge in [0, 0.05) is 24.4 Å². The van der Waals surface area contributed by atoms with Gasteiger partial charge in [-0.3, -0.25) is 4.68 Å². The number of carbonyl (C=O) groups excluding carboxylic acids is 1. The zero-order valence-electron chi connectivity index (χ0n) is 12.3. The normalized spacial score (nSPS) is 19.7. The summed E-state index contributed by atoms with van der Waals surface area (Å²) in [4.78, 5) is 11.9. The lowest BCUT2D eigenvalue weighted by Gasteiger charge is -2.11. The van der Waals surface area contributed by atoms with Gasteiger partial charge in [0.1, 0.15) is 5.70 Å². The van der Waals surface area contributed by atoms with Gasteiger partial charge in [-0.2, -0.15) is 5.10 Å². The van der Waals surface area contributed by atoms with Crippen LogP contribution in [0.4, 0.5) is 0 Å². The van der Waals surface area contributed by atoms with Crippen LogP contribution >= 0.6 is 0 Å². The maximum atomic E-state index is 11.9. The fourth-order valence-electron chi connectivity index (χ4n) is 2.26. The molecule has 5 heteroatoms. The Labute approximate surface area is 123 Å². The van der Waals surface area contributed by atoms with Gasteiger partial charge in [0.15, 0.2) is 6.23 Å². The molecule has 2 heterocycles. The number of aryl methyl sites for hydroxylation is 3. The summed E-state index contributed by atoms with van der Waals surface area (Å²) in [6, 6.07) is 6.04. The molecule has 0 saturated carbocycles. The van der Waals surface area contributed by atoms with Gasteiger partial charge in [-0.15, -0.1) is 0 Å². The summed E-state index contributed by atoms with van der Waals surface area (Å²) < 4.78 is 7.08. The lowest BCUT2D eigenvalue weighted by atomic mass is 10.1. The van der Waals surface area contributed by atoms with Crippen LogP contribution in [0.15, 0.2) is 36.3 Å². The SMILES string of the molecule is Cc1ccc(C2N/C(=C/c3cnn(C)c3)C(=O)O2)cc1C. The number of nitrogens with one attached hydrogen (secondary N) is 1. The lowest BCUT2D eigenvalue weighted by Crippen LogP contribution is -2.13. The Balaban J connectivity index is 1.84. The van der Waals surface area contributed by atoms with Crippen LogP contribution in [0, 0.1) is 13.8 Å². The van der Waals surface area contributed by atoms with Crippen molar-refractivity contribution in [2.45, 2.75) is 20.1 Å². The Morgan fingerprint density at radius 1 is 1.33 bits per heavy atom. The van der Waals surface area contributed by atoms with Crippen LogP contribution < -0.4 is 5.32 Å². The molecular weight excluding hydrogens is 266 g/mol. The second kappa shape index (κ2) is 5.09. The van der Waals surface area contributed by atoms with Gasteiger partial charge in [0.2, 0.25) is 0 Å². The molecule has 1 fully saturated rings. The summed E-state index contributed by atoms with van der Waals surface area (Å²) in [6.07, 6.45) is 4.85. The molecule has 1 atom stereocenters. The summed E-state index contributed by atoms with van der Waals surface area (Å²) in [5.41, 5.74) is 4.65. The molecule has 1 aromatic carbocycles. The molecule has 0 aliphatic carbocycles. The molecule has 1 saturated heterocycles. The first-order valence-corrected chi connectivity index (χ1v) is 6.78. The van der Waals surface area contributed by atoms with E-state index in [1.807, 2.05) is 38.4 Å². The predicted octanol–water partition coefficient (Wildman–Crippen LogP) is 2.22. The van der Waals surface area contributed by atoms with E-state index in [9.17, 15) is 4.79 Å². The standard InChI is InChI=1S/C16H17N3O2/c1-10-4-5-13(6-11(10)2)15-18-14(16(20)21-15)7-12-8-17-19(3)9-12/h4-9,15,18H,1-3H3/b14-7+. The van der Waals surface area contributed by atoms with E-state index in [-0.39, 0.29) is 5.97 Å². The van der Waals surface area contributed by atoms with Crippen LogP contribution in [0.1, 0.15) is 28.5 Å². The monoisotopic (exact) mass is 283 g/mol. The fraction of sp³-hybridized carbons (Fsp3) is 0.250. The van der Waals surface area contributed by atoms with E-state index in [1.165, 1.54) is 11.1 Å². The second-order valence-corrected chi connectivity index (χ2v) is 5.28. The van der Waals surface area contributed by atoms with Crippen molar-refractivity contribution in [1.29, 1.82) is 0 Å². The van der Waals surface area contributed by atoms with Crippen molar-refractivity contribution in [3.63, 3.8) is 0 Å². The fourth-order valence-corrected chi connectivity index (χ4v) is 2.26. The minimum atomic E-state index is -0.431. The second-order valence-electron chi connectivity index (χ2n) is 5.28. The van der Waals surface area contributed by atoms with E-state index in [1.54, 1.807) is 17.0 Å². The average Bonchev–Trinajstić information content (AvgIpc) is 3.00. The molecule has 0 amide bonds. The highest BCUT2D eigenvalue weighted by Crippen LogP contribution is 2.25. The van der Waals surface area contributed by atoms with Gasteiger partial charge in [0.25, 0.3) is 0 Å². The molecule has 3 rings (SSSR count). The van der Waals surface area contributed by atoms with Crippen LogP contribution in [-0.4, -0.2) is 15.7 Å². The van der Waals surface area contributed by atoms with E-state index in [2.05, 4.69) is 17.3 Å². The largest absolute Gasteiger partial charge is 0.433 e. The molecule has 5 nitrogen and oxygen atoms in total. The number of ether oxygens (including phenoxy) is 1. The van der Waals surface area contributed by atoms with E-state index in [0.29, 0.717) is 5.70 Å². The van der Waals surface area contributed by atoms with Crippen LogP contribution in [0.25, 0.3) is 6.08 Å². The molecule has 1 aliphatic rings. The van der Waals surface area contributed by atoms with Crippen molar-refractivity contribution in [1.82, 2.24) is 15.1 Å². The molecule has 108 valence electrons. The number of aromatic nitrogens is 2. The van der Waals surface area contributed by atoms with Crippen LogP contribution in [0.3, 0.4) is 0 Å². The van der Waals surface area contributed by atoms with Gasteiger partial charge < -0.3 is 10.1 Å². The molecule has 1 unspecified atom stereocenters. The highest BCUT2D eigenvalue weighted by Gasteiger charge is 2.29. The number of cyclic esters (lactones) is 1. The van der Waals surface area contributed by atoms with Crippen molar-refractivity contribution >= 4 is 12.0 Å². The van der Waals surface area contributed by atoms with Crippen molar-refractivity contribution < 1.29 is 9.53 Å². The summed E-state index contributed by atoms with van der Waals surface area (Å²) in [7, 11) is 1.83. The first-order valence-electron chi connectivity index (χ1n) is 6.78. The highest BCUT2D eigenvalue weighted by atomic mass is 16.6. The Morgan fingerprint density at radius 2 is 2.14 bits per heavy atom. The van der Waals surface area contributed by atoms with Gasteiger partial charge in [-0.25, -0.2) is 4.79 Å². The summed E-state index contributed by atoms with van der Waals surface area (Å²) in [6.45, 7) is 4.10. The highest BCUT2D eigenvalue weighted by molar-refractivity contribution is 5.94. The third-order valence-electron chi connectivity index (χ3n) is 3.60. The van der Waals surface area contributed by atoms with Gasteiger partial charge in [-0.1, -0.05) is 18.2 Å². The van der Waals surface area contributed by atoms with E-state index < -0.39 is 6.23 Å². The quantitative estimate of drug-likeness (QED) is 0.678. The van der Waals surface area contributed by atoms with Gasteiger partial charge >= 0.3 is 5.97 Å². The minimum Gasteiger partial charge on any atom is -0.433 e. The number of esters is 1. The molecular formula is C16H17N3O2. The average molecular weight is 283 g/mol. The van der Waals surface area contributed by atoms with Crippen molar-refractivity contribution in [2.75, 3.05) is 0 Å². The van der Waals surface area contributed by atoms with Crippen molar-refractivity contribution in [3.05, 3.63) is 58.5 Å². The minimum absolute atomic E-state index is 0.345. The molecule has 2 aromatic rings. The maximum Gasteiger partial charge on any atom is 0.356 e. The molecule has 1 aromatic heterocycles. The van der Waals surface area contributed by atoms with Crippen molar-refractivity contribution in [2.24, 2.45) is 7.05 Å². The van der Waals surface area contributed by atoms with Crippen LogP contribution in [0.2, 0.25) is 0 Å². The summed E-state index contributed by atoms with van der Waals surface area (Å²) >= 11 is 0. The molecule has 1 aliphatic heterocycles. The number of hydrogen-bond acceptors (Lipinski definition) is 4. The Kier molecular flexibility index (Phi) is 3.25. The lowest BCUT2D eigenvalue weighted by molar-refractivity contribution is -0.139. The Hall–Kier alpha value is -2.56. The summed E-state index contributed by atoms with van der Waals surface area (Å²) in [5.74, 6) is -0.345. The maximum absolute atomic E-state index is 11.9. The predicted molar refractivity (Wildman–Crippen MR) is 79.1 cm³/mol. The molecule has 0 spiro atoms. The molecule has 21 heavy (non-hydrogen) atoms. The van der Waals surface area contributed by atoms with Crippen LogP contribution in [0.5, 0.6) is 0 Å². The zero-order chi connectivity index (χ0) is 15.0. The number of hydrogen-bond donors (Lipinski definition) is 1. The third-order valence-corrected chi connectivity index (χ3v) is 3.60. The Morgan fingerprint density at radius 3 is 2.81 bits per heavy atom. The van der Waals surface area contributed by atoms with Gasteiger partial charge in [0.05, 0.1) is 6.20 Å². The van der Waals surface area contributed by atoms with E-state index in [0.717, 1.165) is 11.1 Å². The Bertz CT molecular complexity index is 731. The van der Waals surface area contributed by atoms with E-state index >= 15 is 0 Å². The number of rotatable bonds is 2. The topological polar surface area (TPSA) is 56.2 Å². The smallest absolute Gasteiger partial charge is 0.356 e. The first kappa shape index (κ1) is 13.4. The summed E-state index contributed by atoms with van der Waals surface area (Å²) in [5, 5.41) is 7.19. The molecule has 1 N–H and O–H groups in total. The van der Waals surface area contributed by atoms with Gasteiger partial charge in [-0.05, 0) is 31.1 Å². The number of nitrogens with zero attached hydrogens (tertiary/aromatic N) is 2. The number of carbonyl (C=O) groups is 1. The molecule has 0 radical (unpaired) electrons.